The molecule has 0 bridgehead atoms. The van der Waals surface area contributed by atoms with Gasteiger partial charge in [-0.2, -0.15) is 0 Å². The lowest BCUT2D eigenvalue weighted by Gasteiger charge is -2.26. The molecular weight excluding hydrogens is 340 g/mol. The molecule has 0 atom stereocenters. The first kappa shape index (κ1) is 19.1. The van der Waals surface area contributed by atoms with Crippen molar-refractivity contribution in [2.75, 3.05) is 17.1 Å². The SMILES string of the molecule is CCc1cccc(C)c1N(CCC(=O)NCc1ccco1)S(C)(=O)=O. The lowest BCUT2D eigenvalue weighted by Crippen LogP contribution is -2.35. The van der Waals surface area contributed by atoms with Crippen LogP contribution in [0, 0.1) is 6.92 Å². The number of nitrogens with zero attached hydrogens (tertiary/aromatic N) is 1. The number of sulfonamides is 1. The zero-order valence-corrected chi connectivity index (χ0v) is 15.6. The van der Waals surface area contributed by atoms with Crippen LogP contribution in [0.1, 0.15) is 30.2 Å². The Hall–Kier alpha value is -2.28. The van der Waals surface area contributed by atoms with E-state index in [-0.39, 0.29) is 25.4 Å². The van der Waals surface area contributed by atoms with Crippen LogP contribution in [0.2, 0.25) is 0 Å². The number of nitrogens with one attached hydrogen (secondary N) is 1. The Morgan fingerprint density at radius 1 is 1.24 bits per heavy atom. The van der Waals surface area contributed by atoms with Gasteiger partial charge in [-0.1, -0.05) is 25.1 Å². The Morgan fingerprint density at radius 3 is 2.60 bits per heavy atom. The van der Waals surface area contributed by atoms with Crippen LogP contribution < -0.4 is 9.62 Å². The summed E-state index contributed by atoms with van der Waals surface area (Å²) in [6, 6.07) is 9.22. The normalized spacial score (nSPS) is 11.3. The molecule has 0 aliphatic heterocycles. The average molecular weight is 364 g/mol. The summed E-state index contributed by atoms with van der Waals surface area (Å²) in [6.07, 6.45) is 3.50. The van der Waals surface area contributed by atoms with Crippen molar-refractivity contribution in [3.8, 4) is 0 Å². The Morgan fingerprint density at radius 2 is 2.00 bits per heavy atom. The summed E-state index contributed by atoms with van der Waals surface area (Å²) in [4.78, 5) is 12.1. The molecule has 2 rings (SSSR count). The third kappa shape index (κ3) is 5.09. The highest BCUT2D eigenvalue weighted by Gasteiger charge is 2.22. The lowest BCUT2D eigenvalue weighted by atomic mass is 10.1. The Balaban J connectivity index is 2.11. The number of hydrogen-bond acceptors (Lipinski definition) is 4. The number of rotatable bonds is 8. The number of carbonyl (C=O) groups excluding carboxylic acids is 1. The zero-order chi connectivity index (χ0) is 18.4. The van der Waals surface area contributed by atoms with Crippen molar-refractivity contribution in [2.24, 2.45) is 0 Å². The fourth-order valence-corrected chi connectivity index (χ4v) is 3.71. The van der Waals surface area contributed by atoms with E-state index in [9.17, 15) is 13.2 Å². The van der Waals surface area contributed by atoms with Crippen molar-refractivity contribution in [2.45, 2.75) is 33.2 Å². The predicted molar refractivity (Wildman–Crippen MR) is 97.9 cm³/mol. The number of anilines is 1. The summed E-state index contributed by atoms with van der Waals surface area (Å²) in [6.45, 7) is 4.24. The first-order valence-electron chi connectivity index (χ1n) is 8.18. The second-order valence-electron chi connectivity index (χ2n) is 5.88. The van der Waals surface area contributed by atoms with E-state index in [0.29, 0.717) is 17.9 Å². The van der Waals surface area contributed by atoms with E-state index in [4.69, 9.17) is 4.42 Å². The van der Waals surface area contributed by atoms with E-state index < -0.39 is 10.0 Å². The van der Waals surface area contributed by atoms with Crippen molar-refractivity contribution >= 4 is 21.6 Å². The molecule has 0 radical (unpaired) electrons. The van der Waals surface area contributed by atoms with Gasteiger partial charge in [-0.05, 0) is 36.6 Å². The van der Waals surface area contributed by atoms with E-state index in [2.05, 4.69) is 5.32 Å². The third-order valence-corrected chi connectivity index (χ3v) is 5.10. The van der Waals surface area contributed by atoms with Gasteiger partial charge < -0.3 is 9.73 Å². The maximum absolute atomic E-state index is 12.3. The number of carbonyl (C=O) groups is 1. The van der Waals surface area contributed by atoms with Crippen LogP contribution in [0.3, 0.4) is 0 Å². The van der Waals surface area contributed by atoms with E-state index >= 15 is 0 Å². The zero-order valence-electron chi connectivity index (χ0n) is 14.8. The standard InChI is InChI=1S/C18H24N2O4S/c1-4-15-8-5-7-14(2)18(15)20(25(3,22)23)11-10-17(21)19-13-16-9-6-12-24-16/h5-9,12H,4,10-11,13H2,1-3H3,(H,19,21). The summed E-state index contributed by atoms with van der Waals surface area (Å²) < 4.78 is 31.1. The highest BCUT2D eigenvalue weighted by molar-refractivity contribution is 7.92. The first-order chi connectivity index (χ1) is 11.8. The van der Waals surface area contributed by atoms with Crippen molar-refractivity contribution < 1.29 is 17.6 Å². The molecule has 7 heteroatoms. The van der Waals surface area contributed by atoms with E-state index in [1.165, 1.54) is 16.8 Å². The number of amides is 1. The predicted octanol–water partition coefficient (Wildman–Crippen LogP) is 2.62. The molecule has 0 aliphatic carbocycles. The van der Waals surface area contributed by atoms with Crippen molar-refractivity contribution in [3.63, 3.8) is 0 Å². The molecule has 136 valence electrons. The average Bonchev–Trinajstić information content (AvgIpc) is 3.06. The van der Waals surface area contributed by atoms with Gasteiger partial charge in [0.1, 0.15) is 5.76 Å². The largest absolute Gasteiger partial charge is 0.467 e. The van der Waals surface area contributed by atoms with Crippen molar-refractivity contribution in [1.82, 2.24) is 5.32 Å². The van der Waals surface area contributed by atoms with Gasteiger partial charge in [-0.15, -0.1) is 0 Å². The summed E-state index contributed by atoms with van der Waals surface area (Å²) in [5, 5.41) is 2.73. The Bertz CT molecular complexity index is 814. The summed E-state index contributed by atoms with van der Waals surface area (Å²) in [5.74, 6) is 0.428. The minimum absolute atomic E-state index is 0.0747. The number of aryl methyl sites for hydroxylation is 2. The number of benzene rings is 1. The maximum Gasteiger partial charge on any atom is 0.232 e. The minimum atomic E-state index is -3.49. The van der Waals surface area contributed by atoms with Crippen LogP contribution in [0.25, 0.3) is 0 Å². The van der Waals surface area contributed by atoms with Gasteiger partial charge in [0.2, 0.25) is 15.9 Å². The minimum Gasteiger partial charge on any atom is -0.467 e. The molecule has 1 amide bonds. The van der Waals surface area contributed by atoms with Crippen LogP contribution in [0.15, 0.2) is 41.0 Å². The van der Waals surface area contributed by atoms with E-state index in [0.717, 1.165) is 11.1 Å². The second kappa shape index (κ2) is 8.20. The summed E-state index contributed by atoms with van der Waals surface area (Å²) in [7, 11) is -3.49. The van der Waals surface area contributed by atoms with E-state index in [1.54, 1.807) is 12.1 Å². The highest BCUT2D eigenvalue weighted by atomic mass is 32.2. The molecule has 1 aromatic heterocycles. The Labute approximate surface area is 148 Å². The smallest absolute Gasteiger partial charge is 0.232 e. The van der Waals surface area contributed by atoms with Crippen LogP contribution in [0.4, 0.5) is 5.69 Å². The lowest BCUT2D eigenvalue weighted by molar-refractivity contribution is -0.121. The van der Waals surface area contributed by atoms with Crippen molar-refractivity contribution in [1.29, 1.82) is 0 Å². The molecule has 0 spiro atoms. The van der Waals surface area contributed by atoms with Gasteiger partial charge in [0, 0.05) is 13.0 Å². The summed E-state index contributed by atoms with van der Waals surface area (Å²) >= 11 is 0. The number of para-hydroxylation sites is 1. The molecule has 6 nitrogen and oxygen atoms in total. The number of furan rings is 1. The summed E-state index contributed by atoms with van der Waals surface area (Å²) in [5.41, 5.74) is 2.49. The Kier molecular flexibility index (Phi) is 6.25. The molecule has 1 N–H and O–H groups in total. The van der Waals surface area contributed by atoms with Gasteiger partial charge in [-0.25, -0.2) is 8.42 Å². The molecule has 0 saturated carbocycles. The molecule has 2 aromatic rings. The van der Waals surface area contributed by atoms with E-state index in [1.807, 2.05) is 32.0 Å². The topological polar surface area (TPSA) is 79.6 Å². The second-order valence-corrected chi connectivity index (χ2v) is 7.78. The van der Waals surface area contributed by atoms with Crippen molar-refractivity contribution in [3.05, 3.63) is 53.5 Å². The third-order valence-electron chi connectivity index (χ3n) is 3.93. The molecule has 0 saturated heterocycles. The molecule has 0 fully saturated rings. The van der Waals surface area contributed by atoms with Crippen LogP contribution >= 0.6 is 0 Å². The fraction of sp³-hybridized carbons (Fsp3) is 0.389. The molecule has 1 aromatic carbocycles. The quantitative estimate of drug-likeness (QED) is 0.781. The van der Waals surface area contributed by atoms with Gasteiger partial charge in [0.05, 0.1) is 24.8 Å². The number of hydrogen-bond donors (Lipinski definition) is 1. The highest BCUT2D eigenvalue weighted by Crippen LogP contribution is 2.28. The molecular formula is C18H24N2O4S. The van der Waals surface area contributed by atoms with Gasteiger partial charge in [-0.3, -0.25) is 9.10 Å². The van der Waals surface area contributed by atoms with Gasteiger partial charge >= 0.3 is 0 Å². The van der Waals surface area contributed by atoms with Crippen LogP contribution in [-0.4, -0.2) is 27.1 Å². The monoisotopic (exact) mass is 364 g/mol. The molecule has 0 unspecified atom stereocenters. The van der Waals surface area contributed by atoms with Gasteiger partial charge in [0.15, 0.2) is 0 Å². The molecule has 25 heavy (non-hydrogen) atoms. The molecule has 1 heterocycles. The molecule has 0 aliphatic rings. The maximum atomic E-state index is 12.3. The van der Waals surface area contributed by atoms with Gasteiger partial charge in [0.25, 0.3) is 0 Å². The first-order valence-corrected chi connectivity index (χ1v) is 10.0. The fourth-order valence-electron chi connectivity index (χ4n) is 2.70. The van der Waals surface area contributed by atoms with Crippen LogP contribution in [-0.2, 0) is 27.8 Å². The van der Waals surface area contributed by atoms with Crippen LogP contribution in [0.5, 0.6) is 0 Å².